The third-order valence-corrected chi connectivity index (χ3v) is 3.86. The van der Waals surface area contributed by atoms with E-state index in [2.05, 4.69) is 0 Å². The second-order valence-electron chi connectivity index (χ2n) is 5.31. The highest BCUT2D eigenvalue weighted by molar-refractivity contribution is 5.95. The molecule has 0 fully saturated rings. The van der Waals surface area contributed by atoms with Crippen LogP contribution in [-0.2, 0) is 0 Å². The Balaban J connectivity index is 1.93. The Morgan fingerprint density at radius 1 is 0.720 bits per heavy atom. The molecule has 3 aromatic rings. The minimum absolute atomic E-state index is 0.258. The number of hydrogen-bond donors (Lipinski definition) is 0. The lowest BCUT2D eigenvalue weighted by atomic mass is 10.1. The van der Waals surface area contributed by atoms with Gasteiger partial charge in [-0.05, 0) is 22.9 Å². The molecule has 128 valence electrons. The number of fused-ring (bicyclic) bond motifs is 1. The van der Waals surface area contributed by atoms with Crippen molar-refractivity contribution in [2.45, 2.75) is 0 Å². The summed E-state index contributed by atoms with van der Waals surface area (Å²) >= 11 is 0. The van der Waals surface area contributed by atoms with Crippen molar-refractivity contribution in [2.75, 3.05) is 21.3 Å². The second kappa shape index (κ2) is 7.13. The number of ether oxygens (including phenoxy) is 4. The molecule has 0 heterocycles. The zero-order chi connectivity index (χ0) is 17.8. The Kier molecular flexibility index (Phi) is 4.75. The maximum atomic E-state index is 12.6. The molecule has 0 bridgehead atoms. The highest BCUT2D eigenvalue weighted by Gasteiger charge is 2.19. The Morgan fingerprint density at radius 2 is 1.36 bits per heavy atom. The molecule has 0 amide bonds. The Labute approximate surface area is 145 Å². The van der Waals surface area contributed by atoms with Gasteiger partial charge in [0.25, 0.3) is 0 Å². The number of carbonyl (C=O) groups excluding carboxylic acids is 1. The van der Waals surface area contributed by atoms with Crippen LogP contribution in [0.25, 0.3) is 10.8 Å². The van der Waals surface area contributed by atoms with Gasteiger partial charge < -0.3 is 18.9 Å². The molecule has 0 N–H and O–H groups in total. The van der Waals surface area contributed by atoms with Crippen LogP contribution in [0.1, 0.15) is 10.4 Å². The fourth-order valence-electron chi connectivity index (χ4n) is 2.58. The highest BCUT2D eigenvalue weighted by Crippen LogP contribution is 2.35. The highest BCUT2D eigenvalue weighted by atomic mass is 16.5. The number of carbonyl (C=O) groups is 1. The van der Waals surface area contributed by atoms with Crippen molar-refractivity contribution in [3.8, 4) is 23.0 Å². The molecular weight excluding hydrogens is 320 g/mol. The van der Waals surface area contributed by atoms with E-state index >= 15 is 0 Å². The average Bonchev–Trinajstić information content (AvgIpc) is 2.66. The zero-order valence-corrected chi connectivity index (χ0v) is 14.2. The molecule has 0 unspecified atom stereocenters. The van der Waals surface area contributed by atoms with E-state index in [9.17, 15) is 4.79 Å². The first kappa shape index (κ1) is 16.6. The molecule has 0 radical (unpaired) electrons. The smallest absolute Gasteiger partial charge is 0.347 e. The fourth-order valence-corrected chi connectivity index (χ4v) is 2.58. The molecular formula is C20H18O5. The second-order valence-corrected chi connectivity index (χ2v) is 5.31. The fraction of sp³-hybridized carbons (Fsp3) is 0.150. The molecule has 0 atom stereocenters. The van der Waals surface area contributed by atoms with Gasteiger partial charge in [-0.1, -0.05) is 30.3 Å². The lowest BCUT2D eigenvalue weighted by Gasteiger charge is -2.13. The van der Waals surface area contributed by atoms with E-state index in [1.54, 1.807) is 18.2 Å². The van der Waals surface area contributed by atoms with E-state index in [1.165, 1.54) is 21.3 Å². The van der Waals surface area contributed by atoms with Crippen molar-refractivity contribution in [3.63, 3.8) is 0 Å². The summed E-state index contributed by atoms with van der Waals surface area (Å²) in [5.41, 5.74) is 0.258. The van der Waals surface area contributed by atoms with Crippen LogP contribution in [0.5, 0.6) is 23.0 Å². The zero-order valence-electron chi connectivity index (χ0n) is 14.2. The van der Waals surface area contributed by atoms with E-state index in [-0.39, 0.29) is 5.56 Å². The average molecular weight is 338 g/mol. The lowest BCUT2D eigenvalue weighted by Crippen LogP contribution is -2.11. The first-order valence-corrected chi connectivity index (χ1v) is 7.67. The van der Waals surface area contributed by atoms with E-state index in [4.69, 9.17) is 18.9 Å². The van der Waals surface area contributed by atoms with Gasteiger partial charge in [0.2, 0.25) is 0 Å². The molecule has 5 heteroatoms. The molecule has 0 aliphatic carbocycles. The van der Waals surface area contributed by atoms with Crippen molar-refractivity contribution >= 4 is 16.7 Å². The van der Waals surface area contributed by atoms with Crippen LogP contribution in [0.3, 0.4) is 0 Å². The Bertz CT molecular complexity index is 917. The van der Waals surface area contributed by atoms with Crippen molar-refractivity contribution in [2.24, 2.45) is 0 Å². The quantitative estimate of drug-likeness (QED) is 0.518. The van der Waals surface area contributed by atoms with Crippen molar-refractivity contribution in [3.05, 3.63) is 60.2 Å². The van der Waals surface area contributed by atoms with Crippen molar-refractivity contribution < 1.29 is 23.7 Å². The van der Waals surface area contributed by atoms with Crippen molar-refractivity contribution in [1.29, 1.82) is 0 Å². The molecule has 0 aliphatic heterocycles. The predicted octanol–water partition coefficient (Wildman–Crippen LogP) is 4.08. The van der Waals surface area contributed by atoms with Crippen LogP contribution in [0.4, 0.5) is 0 Å². The number of esters is 1. The van der Waals surface area contributed by atoms with Crippen LogP contribution in [0.15, 0.2) is 54.6 Å². The third kappa shape index (κ3) is 3.35. The van der Waals surface area contributed by atoms with E-state index in [0.29, 0.717) is 23.0 Å². The first-order valence-electron chi connectivity index (χ1n) is 7.67. The molecule has 3 rings (SSSR count). The van der Waals surface area contributed by atoms with Gasteiger partial charge >= 0.3 is 5.97 Å². The van der Waals surface area contributed by atoms with Crippen LogP contribution < -0.4 is 18.9 Å². The number of rotatable bonds is 5. The van der Waals surface area contributed by atoms with Gasteiger partial charge in [-0.3, -0.25) is 0 Å². The lowest BCUT2D eigenvalue weighted by molar-refractivity contribution is 0.0731. The summed E-state index contributed by atoms with van der Waals surface area (Å²) in [6, 6.07) is 16.5. The predicted molar refractivity (Wildman–Crippen MR) is 95.0 cm³/mol. The molecule has 3 aromatic carbocycles. The number of benzene rings is 3. The minimum Gasteiger partial charge on any atom is -0.496 e. The normalized spacial score (nSPS) is 10.4. The van der Waals surface area contributed by atoms with Gasteiger partial charge in [-0.15, -0.1) is 0 Å². The first-order chi connectivity index (χ1) is 12.2. The molecule has 5 nitrogen and oxygen atoms in total. The summed E-state index contributed by atoms with van der Waals surface area (Å²) < 4.78 is 21.3. The Morgan fingerprint density at radius 3 is 2.04 bits per heavy atom. The van der Waals surface area contributed by atoms with Crippen LogP contribution in [0.2, 0.25) is 0 Å². The van der Waals surface area contributed by atoms with Crippen LogP contribution in [-0.4, -0.2) is 27.3 Å². The monoisotopic (exact) mass is 338 g/mol. The van der Waals surface area contributed by atoms with Gasteiger partial charge in [0.15, 0.2) is 11.5 Å². The molecule has 0 aromatic heterocycles. The standard InChI is InChI=1S/C20H18O5/c1-22-17-12-19(24-3)18(23-2)11-16(17)20(21)25-15-9-8-13-6-4-5-7-14(13)10-15/h4-12H,1-3H3. The van der Waals surface area contributed by atoms with Gasteiger partial charge in [0.1, 0.15) is 17.1 Å². The third-order valence-electron chi connectivity index (χ3n) is 3.86. The largest absolute Gasteiger partial charge is 0.496 e. The van der Waals surface area contributed by atoms with Gasteiger partial charge in [0.05, 0.1) is 21.3 Å². The maximum absolute atomic E-state index is 12.6. The van der Waals surface area contributed by atoms with Gasteiger partial charge in [0, 0.05) is 12.1 Å². The molecule has 0 spiro atoms. The SMILES string of the molecule is COc1cc(OC)c(C(=O)Oc2ccc3ccccc3c2)cc1OC. The molecule has 0 aliphatic rings. The van der Waals surface area contributed by atoms with E-state index in [0.717, 1.165) is 10.8 Å². The molecule has 0 saturated carbocycles. The minimum atomic E-state index is -0.534. The molecule has 0 saturated heterocycles. The van der Waals surface area contributed by atoms with Crippen LogP contribution in [0, 0.1) is 0 Å². The summed E-state index contributed by atoms with van der Waals surface area (Å²) in [6.07, 6.45) is 0. The van der Waals surface area contributed by atoms with Gasteiger partial charge in [-0.25, -0.2) is 4.79 Å². The number of methoxy groups -OCH3 is 3. The number of hydrogen-bond acceptors (Lipinski definition) is 5. The summed E-state index contributed by atoms with van der Waals surface area (Å²) in [7, 11) is 4.50. The maximum Gasteiger partial charge on any atom is 0.347 e. The van der Waals surface area contributed by atoms with Gasteiger partial charge in [-0.2, -0.15) is 0 Å². The molecule has 25 heavy (non-hydrogen) atoms. The van der Waals surface area contributed by atoms with E-state index < -0.39 is 5.97 Å². The van der Waals surface area contributed by atoms with Crippen LogP contribution >= 0.6 is 0 Å². The topological polar surface area (TPSA) is 54.0 Å². The Hall–Kier alpha value is -3.21. The summed E-state index contributed by atoms with van der Waals surface area (Å²) in [5.74, 6) is 1.17. The van der Waals surface area contributed by atoms with Crippen molar-refractivity contribution in [1.82, 2.24) is 0 Å². The summed E-state index contributed by atoms with van der Waals surface area (Å²) in [6.45, 7) is 0. The summed E-state index contributed by atoms with van der Waals surface area (Å²) in [4.78, 5) is 12.6. The van der Waals surface area contributed by atoms with E-state index in [1.807, 2.05) is 36.4 Å². The summed E-state index contributed by atoms with van der Waals surface area (Å²) in [5, 5.41) is 2.07.